The Balaban J connectivity index is 1.84. The van der Waals surface area contributed by atoms with Crippen LogP contribution in [0.3, 0.4) is 0 Å². The maximum Gasteiger partial charge on any atom is 0.259 e. The summed E-state index contributed by atoms with van der Waals surface area (Å²) in [5.41, 5.74) is 2.82. The Hall–Kier alpha value is -2.62. The molecule has 0 aliphatic carbocycles. The Morgan fingerprint density at radius 2 is 1.95 bits per heavy atom. The number of hydrogen-bond acceptors (Lipinski definition) is 2. The molecule has 0 radical (unpaired) electrons. The molecule has 0 N–H and O–H groups in total. The minimum Gasteiger partial charge on any atom is -0.303 e. The number of benzene rings is 2. The number of amides is 1. The number of hydrogen-bond donors (Lipinski definition) is 0. The summed E-state index contributed by atoms with van der Waals surface area (Å²) >= 11 is 0. The quantitative estimate of drug-likeness (QED) is 0.713. The van der Waals surface area contributed by atoms with Gasteiger partial charge in [-0.05, 0) is 17.5 Å². The monoisotopic (exact) mass is 263 g/mol. The lowest BCUT2D eigenvalue weighted by atomic mass is 10.1. The number of anilines is 1. The van der Waals surface area contributed by atoms with Crippen LogP contribution in [-0.2, 0) is 13.6 Å². The van der Waals surface area contributed by atoms with Crippen molar-refractivity contribution in [1.82, 2.24) is 9.78 Å². The number of aromatic nitrogens is 2. The molecule has 0 atom stereocenters. The minimum absolute atomic E-state index is 0.0700. The second-order valence-electron chi connectivity index (χ2n) is 5.09. The molecule has 3 aromatic rings. The first-order valence-corrected chi connectivity index (χ1v) is 6.55. The lowest BCUT2D eigenvalue weighted by Gasteiger charge is -2.16. The van der Waals surface area contributed by atoms with Gasteiger partial charge in [0, 0.05) is 29.8 Å². The highest BCUT2D eigenvalue weighted by atomic mass is 16.2. The predicted molar refractivity (Wildman–Crippen MR) is 77.7 cm³/mol. The topological polar surface area (TPSA) is 38.1 Å². The number of aryl methyl sites for hydroxylation is 1. The van der Waals surface area contributed by atoms with E-state index in [1.54, 1.807) is 10.9 Å². The number of carbonyl (C=O) groups excluding carboxylic acids is 1. The third kappa shape index (κ3) is 1.48. The highest BCUT2D eigenvalue weighted by Gasteiger charge is 2.29. The zero-order valence-corrected chi connectivity index (χ0v) is 11.1. The molecule has 0 unspecified atom stereocenters. The molecule has 0 fully saturated rings. The lowest BCUT2D eigenvalue weighted by Crippen LogP contribution is -2.25. The van der Waals surface area contributed by atoms with Crippen molar-refractivity contribution in [3.05, 3.63) is 59.9 Å². The molecule has 1 amide bonds. The molecular weight excluding hydrogens is 250 g/mol. The molecule has 98 valence electrons. The first-order chi connectivity index (χ1) is 9.74. The van der Waals surface area contributed by atoms with Gasteiger partial charge in [-0.25, -0.2) is 0 Å². The van der Waals surface area contributed by atoms with E-state index in [1.165, 1.54) is 0 Å². The van der Waals surface area contributed by atoms with Gasteiger partial charge >= 0.3 is 0 Å². The van der Waals surface area contributed by atoms with Crippen molar-refractivity contribution < 1.29 is 4.79 Å². The van der Waals surface area contributed by atoms with Gasteiger partial charge in [-0.3, -0.25) is 9.48 Å². The second-order valence-corrected chi connectivity index (χ2v) is 5.09. The highest BCUT2D eigenvalue weighted by molar-refractivity contribution is 6.24. The van der Waals surface area contributed by atoms with Crippen LogP contribution in [0, 0.1) is 0 Å². The van der Waals surface area contributed by atoms with Crippen molar-refractivity contribution in [2.45, 2.75) is 6.54 Å². The Morgan fingerprint density at radius 3 is 2.70 bits per heavy atom. The fourth-order valence-corrected chi connectivity index (χ4v) is 2.87. The molecule has 0 saturated heterocycles. The van der Waals surface area contributed by atoms with Crippen LogP contribution in [0.4, 0.5) is 5.69 Å². The van der Waals surface area contributed by atoms with Gasteiger partial charge in [-0.1, -0.05) is 24.3 Å². The van der Waals surface area contributed by atoms with Gasteiger partial charge in [0.15, 0.2) is 0 Å². The molecule has 1 aromatic heterocycles. The van der Waals surface area contributed by atoms with Crippen LogP contribution in [0.25, 0.3) is 10.8 Å². The van der Waals surface area contributed by atoms with Crippen LogP contribution in [-0.4, -0.2) is 15.7 Å². The van der Waals surface area contributed by atoms with Crippen LogP contribution in [0.2, 0.25) is 0 Å². The van der Waals surface area contributed by atoms with E-state index in [1.807, 2.05) is 54.5 Å². The van der Waals surface area contributed by atoms with Crippen LogP contribution >= 0.6 is 0 Å². The molecule has 0 bridgehead atoms. The molecule has 2 heterocycles. The molecule has 1 aliphatic heterocycles. The van der Waals surface area contributed by atoms with Gasteiger partial charge < -0.3 is 4.90 Å². The predicted octanol–water partition coefficient (Wildman–Crippen LogP) is 2.73. The van der Waals surface area contributed by atoms with E-state index in [0.717, 1.165) is 27.6 Å². The molecule has 4 rings (SSSR count). The summed E-state index contributed by atoms with van der Waals surface area (Å²) in [7, 11) is 1.88. The highest BCUT2D eigenvalue weighted by Crippen LogP contribution is 2.37. The van der Waals surface area contributed by atoms with Gasteiger partial charge in [0.05, 0.1) is 18.4 Å². The van der Waals surface area contributed by atoms with E-state index >= 15 is 0 Å². The molecule has 4 nitrogen and oxygen atoms in total. The third-order valence-electron chi connectivity index (χ3n) is 3.75. The Kier molecular flexibility index (Phi) is 2.21. The normalized spacial score (nSPS) is 13.4. The summed E-state index contributed by atoms with van der Waals surface area (Å²) in [4.78, 5) is 14.4. The van der Waals surface area contributed by atoms with Crippen LogP contribution in [0.1, 0.15) is 15.9 Å². The zero-order chi connectivity index (χ0) is 13.7. The van der Waals surface area contributed by atoms with Crippen LogP contribution < -0.4 is 4.90 Å². The fraction of sp³-hybridized carbons (Fsp3) is 0.125. The first-order valence-electron chi connectivity index (χ1n) is 6.55. The molecule has 1 aliphatic rings. The molecule has 0 spiro atoms. The third-order valence-corrected chi connectivity index (χ3v) is 3.75. The Morgan fingerprint density at radius 1 is 1.15 bits per heavy atom. The Bertz CT molecular complexity index is 829. The second kappa shape index (κ2) is 3.93. The van der Waals surface area contributed by atoms with E-state index in [0.29, 0.717) is 6.54 Å². The summed E-state index contributed by atoms with van der Waals surface area (Å²) in [6, 6.07) is 11.9. The smallest absolute Gasteiger partial charge is 0.259 e. The number of carbonyl (C=O) groups is 1. The van der Waals surface area contributed by atoms with E-state index in [2.05, 4.69) is 5.10 Å². The molecular formula is C16H13N3O. The maximum absolute atomic E-state index is 12.6. The minimum atomic E-state index is 0.0700. The van der Waals surface area contributed by atoms with Crippen LogP contribution in [0.5, 0.6) is 0 Å². The average molecular weight is 263 g/mol. The van der Waals surface area contributed by atoms with Crippen molar-refractivity contribution in [2.24, 2.45) is 7.05 Å². The number of nitrogens with zero attached hydrogens (tertiary/aromatic N) is 3. The fourth-order valence-electron chi connectivity index (χ4n) is 2.87. The summed E-state index contributed by atoms with van der Waals surface area (Å²) in [6.07, 6.45) is 3.74. The lowest BCUT2D eigenvalue weighted by molar-refractivity contribution is 0.0991. The summed E-state index contributed by atoms with van der Waals surface area (Å²) < 4.78 is 1.75. The van der Waals surface area contributed by atoms with Gasteiger partial charge in [0.1, 0.15) is 0 Å². The van der Waals surface area contributed by atoms with E-state index in [4.69, 9.17) is 0 Å². The van der Waals surface area contributed by atoms with E-state index in [-0.39, 0.29) is 5.91 Å². The molecule has 20 heavy (non-hydrogen) atoms. The first kappa shape index (κ1) is 11.2. The van der Waals surface area contributed by atoms with Crippen molar-refractivity contribution >= 4 is 22.4 Å². The maximum atomic E-state index is 12.6. The summed E-state index contributed by atoms with van der Waals surface area (Å²) in [6.45, 7) is 0.556. The van der Waals surface area contributed by atoms with E-state index in [9.17, 15) is 4.79 Å². The van der Waals surface area contributed by atoms with Crippen molar-refractivity contribution in [2.75, 3.05) is 4.90 Å². The van der Waals surface area contributed by atoms with Gasteiger partial charge in [0.25, 0.3) is 5.91 Å². The molecule has 2 aromatic carbocycles. The van der Waals surface area contributed by atoms with Gasteiger partial charge in [-0.2, -0.15) is 5.10 Å². The van der Waals surface area contributed by atoms with Crippen molar-refractivity contribution in [1.29, 1.82) is 0 Å². The largest absolute Gasteiger partial charge is 0.303 e. The molecule has 4 heteroatoms. The van der Waals surface area contributed by atoms with Crippen molar-refractivity contribution in [3.63, 3.8) is 0 Å². The Labute approximate surface area is 116 Å². The van der Waals surface area contributed by atoms with Gasteiger partial charge in [-0.15, -0.1) is 0 Å². The standard InChI is InChI=1S/C16H13N3O/c1-18-9-11(8-17-18)10-19-14-7-3-5-12-4-2-6-13(15(12)14)16(19)20/h2-9H,10H2,1H3. The van der Waals surface area contributed by atoms with Crippen LogP contribution in [0.15, 0.2) is 48.8 Å². The van der Waals surface area contributed by atoms with Gasteiger partial charge in [0.2, 0.25) is 0 Å². The summed E-state index contributed by atoms with van der Waals surface area (Å²) in [5, 5.41) is 6.33. The average Bonchev–Trinajstić information content (AvgIpc) is 2.98. The number of rotatable bonds is 2. The zero-order valence-electron chi connectivity index (χ0n) is 11.1. The molecule has 0 saturated carbocycles. The SMILES string of the molecule is Cn1cc(CN2C(=O)c3cccc4cccc2c34)cn1. The van der Waals surface area contributed by atoms with E-state index < -0.39 is 0 Å². The summed E-state index contributed by atoms with van der Waals surface area (Å²) in [5.74, 6) is 0.0700. The van der Waals surface area contributed by atoms with Crippen molar-refractivity contribution in [3.8, 4) is 0 Å².